The first-order valence-corrected chi connectivity index (χ1v) is 6.84. The lowest BCUT2D eigenvalue weighted by Gasteiger charge is -2.34. The fraction of sp³-hybridized carbons (Fsp3) is 0.462. The maximum atomic E-state index is 14.0. The van der Waals surface area contributed by atoms with Crippen molar-refractivity contribution in [1.82, 2.24) is 0 Å². The van der Waals surface area contributed by atoms with Crippen LogP contribution in [0.3, 0.4) is 0 Å². The molecular formula is C13H5F14NO2. The monoisotopic (exact) mass is 473 g/mol. The fourth-order valence-electron chi connectivity index (χ4n) is 1.68. The number of benzene rings is 1. The maximum absolute atomic E-state index is 14.0. The number of alkyl halides is 14. The number of anilines is 1. The molecule has 1 aromatic carbocycles. The van der Waals surface area contributed by atoms with Crippen molar-refractivity contribution in [2.75, 3.05) is 5.32 Å². The maximum Gasteiger partial charge on any atom is 0.462 e. The molecule has 0 aliphatic rings. The van der Waals surface area contributed by atoms with E-state index in [2.05, 4.69) is 0 Å². The molecule has 0 radical (unpaired) electrons. The van der Waals surface area contributed by atoms with E-state index in [1.54, 1.807) is 0 Å². The van der Waals surface area contributed by atoms with Gasteiger partial charge in [0.2, 0.25) is 0 Å². The molecule has 1 unspecified atom stereocenters. The number of ether oxygens (including phenoxy) is 1. The SMILES string of the molecule is O=C(Nc1ccccc1C(F)(F)F)C(F)(OC(F)(F)C(F)(F)C(F)(F)F)C(F)(F)F. The van der Waals surface area contributed by atoms with E-state index in [1.807, 2.05) is 4.74 Å². The van der Waals surface area contributed by atoms with Gasteiger partial charge in [-0.3, -0.25) is 9.53 Å². The van der Waals surface area contributed by atoms with Crippen LogP contribution in [0.1, 0.15) is 5.56 Å². The van der Waals surface area contributed by atoms with Gasteiger partial charge in [0.25, 0.3) is 5.91 Å². The first kappa shape index (κ1) is 25.7. The molecule has 0 saturated heterocycles. The van der Waals surface area contributed by atoms with Crippen LogP contribution in [0.2, 0.25) is 0 Å². The number of halogens is 14. The Kier molecular flexibility index (Phi) is 6.36. The minimum absolute atomic E-state index is 0.135. The Bertz CT molecular complexity index is 781. The smallest absolute Gasteiger partial charge is 0.320 e. The van der Waals surface area contributed by atoms with Crippen molar-refractivity contribution in [2.45, 2.75) is 36.4 Å². The molecule has 0 saturated carbocycles. The zero-order valence-electron chi connectivity index (χ0n) is 13.4. The zero-order valence-corrected chi connectivity index (χ0v) is 13.4. The molecule has 30 heavy (non-hydrogen) atoms. The Morgan fingerprint density at radius 1 is 0.733 bits per heavy atom. The van der Waals surface area contributed by atoms with Crippen LogP contribution in [-0.2, 0) is 15.7 Å². The molecule has 3 nitrogen and oxygen atoms in total. The lowest BCUT2D eigenvalue weighted by molar-refractivity contribution is -0.472. The Morgan fingerprint density at radius 3 is 1.60 bits per heavy atom. The number of carbonyl (C=O) groups excluding carboxylic acids is 1. The van der Waals surface area contributed by atoms with E-state index in [-0.39, 0.29) is 12.1 Å². The third-order valence-electron chi connectivity index (χ3n) is 3.13. The second kappa shape index (κ2) is 7.42. The third-order valence-corrected chi connectivity index (χ3v) is 3.13. The average molecular weight is 473 g/mol. The van der Waals surface area contributed by atoms with Gasteiger partial charge in [0, 0.05) is 0 Å². The number of carbonyl (C=O) groups is 1. The van der Waals surface area contributed by atoms with Crippen molar-refractivity contribution in [1.29, 1.82) is 0 Å². The highest BCUT2D eigenvalue weighted by Gasteiger charge is 2.79. The largest absolute Gasteiger partial charge is 0.462 e. The number of hydrogen-bond donors (Lipinski definition) is 1. The molecule has 172 valence electrons. The first-order chi connectivity index (χ1) is 13.1. The highest BCUT2D eigenvalue weighted by Crippen LogP contribution is 2.51. The van der Waals surface area contributed by atoms with Gasteiger partial charge in [-0.15, -0.1) is 0 Å². The van der Waals surface area contributed by atoms with Gasteiger partial charge >= 0.3 is 36.4 Å². The van der Waals surface area contributed by atoms with Crippen LogP contribution in [0.5, 0.6) is 0 Å². The lowest BCUT2D eigenvalue weighted by atomic mass is 10.1. The summed E-state index contributed by atoms with van der Waals surface area (Å²) in [6.07, 6.45) is -27.0. The van der Waals surface area contributed by atoms with E-state index in [4.69, 9.17) is 0 Å². The molecule has 0 aliphatic carbocycles. The van der Waals surface area contributed by atoms with Crippen LogP contribution < -0.4 is 5.32 Å². The third kappa shape index (κ3) is 4.70. The summed E-state index contributed by atoms with van der Waals surface area (Å²) < 4.78 is 180. The lowest BCUT2D eigenvalue weighted by Crippen LogP contribution is -2.62. The van der Waals surface area contributed by atoms with E-state index in [9.17, 15) is 66.3 Å². The van der Waals surface area contributed by atoms with Crippen LogP contribution in [0.15, 0.2) is 24.3 Å². The molecule has 0 spiro atoms. The second-order valence-electron chi connectivity index (χ2n) is 5.28. The first-order valence-electron chi connectivity index (χ1n) is 6.84. The minimum atomic E-state index is -7.42. The Balaban J connectivity index is 3.43. The summed E-state index contributed by atoms with van der Waals surface area (Å²) in [5.74, 6) is -17.6. The summed E-state index contributed by atoms with van der Waals surface area (Å²) in [5.41, 5.74) is -3.61. The molecule has 1 N–H and O–H groups in total. The van der Waals surface area contributed by atoms with Crippen molar-refractivity contribution in [2.24, 2.45) is 0 Å². The summed E-state index contributed by atoms with van der Waals surface area (Å²) in [6, 6.07) is 1.63. The quantitative estimate of drug-likeness (QED) is 0.560. The summed E-state index contributed by atoms with van der Waals surface area (Å²) in [7, 11) is 0. The predicted octanol–water partition coefficient (Wildman–Crippen LogP) is 5.68. The van der Waals surface area contributed by atoms with Gasteiger partial charge in [0.15, 0.2) is 0 Å². The van der Waals surface area contributed by atoms with Crippen molar-refractivity contribution in [3.8, 4) is 0 Å². The molecule has 0 fully saturated rings. The van der Waals surface area contributed by atoms with E-state index >= 15 is 0 Å². The van der Waals surface area contributed by atoms with Gasteiger partial charge in [-0.1, -0.05) is 12.1 Å². The second-order valence-corrected chi connectivity index (χ2v) is 5.28. The van der Waals surface area contributed by atoms with Gasteiger partial charge in [-0.05, 0) is 12.1 Å². The summed E-state index contributed by atoms with van der Waals surface area (Å²) in [4.78, 5) is 11.5. The van der Waals surface area contributed by atoms with E-state index in [0.29, 0.717) is 17.4 Å². The molecule has 0 bridgehead atoms. The zero-order chi connectivity index (χ0) is 24.0. The molecule has 17 heteroatoms. The van der Waals surface area contributed by atoms with Crippen LogP contribution in [0, 0.1) is 0 Å². The normalized spacial score (nSPS) is 16.2. The highest BCUT2D eigenvalue weighted by atomic mass is 19.4. The molecule has 0 aromatic heterocycles. The Labute approximate surface area is 155 Å². The number of nitrogens with one attached hydrogen (secondary N) is 1. The summed E-state index contributed by atoms with van der Waals surface area (Å²) in [6.45, 7) is 0. The van der Waals surface area contributed by atoms with Crippen molar-refractivity contribution in [3.63, 3.8) is 0 Å². The Morgan fingerprint density at radius 2 is 1.20 bits per heavy atom. The summed E-state index contributed by atoms with van der Waals surface area (Å²) >= 11 is 0. The van der Waals surface area contributed by atoms with E-state index in [0.717, 1.165) is 0 Å². The number of amides is 1. The van der Waals surface area contributed by atoms with Crippen LogP contribution in [0.25, 0.3) is 0 Å². The van der Waals surface area contributed by atoms with Gasteiger partial charge in [-0.2, -0.15) is 61.5 Å². The molecule has 1 amide bonds. The molecular weight excluding hydrogens is 468 g/mol. The average Bonchev–Trinajstić information content (AvgIpc) is 2.51. The van der Waals surface area contributed by atoms with Crippen LogP contribution >= 0.6 is 0 Å². The van der Waals surface area contributed by atoms with Crippen molar-refractivity contribution >= 4 is 11.6 Å². The van der Waals surface area contributed by atoms with E-state index < -0.39 is 53.6 Å². The molecule has 1 atom stereocenters. The highest BCUT2D eigenvalue weighted by molar-refractivity contribution is 5.97. The molecule has 1 rings (SSSR count). The van der Waals surface area contributed by atoms with Crippen LogP contribution in [-0.4, -0.2) is 36.1 Å². The standard InChI is InChI=1S/C13H5F14NO2/c14-8(11(20,21)22,30-13(26,27)10(18,19)12(23,24)25)7(29)28-6-4-2-1-3-5(6)9(15,16)17/h1-4H,(H,28,29). The van der Waals surface area contributed by atoms with Gasteiger partial charge < -0.3 is 5.32 Å². The number of hydrogen-bond acceptors (Lipinski definition) is 2. The summed E-state index contributed by atoms with van der Waals surface area (Å²) in [5, 5.41) is 0.539. The number of para-hydroxylation sites is 1. The van der Waals surface area contributed by atoms with Gasteiger partial charge in [0.1, 0.15) is 0 Å². The fourth-order valence-corrected chi connectivity index (χ4v) is 1.68. The van der Waals surface area contributed by atoms with Gasteiger partial charge in [-0.25, -0.2) is 0 Å². The number of rotatable bonds is 5. The molecule has 0 heterocycles. The predicted molar refractivity (Wildman–Crippen MR) is 67.0 cm³/mol. The van der Waals surface area contributed by atoms with Gasteiger partial charge in [0.05, 0.1) is 11.3 Å². The Hall–Kier alpha value is -2.33. The van der Waals surface area contributed by atoms with E-state index in [1.165, 1.54) is 0 Å². The minimum Gasteiger partial charge on any atom is -0.320 e. The van der Waals surface area contributed by atoms with Crippen LogP contribution in [0.4, 0.5) is 67.2 Å². The van der Waals surface area contributed by atoms with Crippen molar-refractivity contribution in [3.05, 3.63) is 29.8 Å². The molecule has 1 aromatic rings. The topological polar surface area (TPSA) is 38.3 Å². The molecule has 0 aliphatic heterocycles. The van der Waals surface area contributed by atoms with Crippen molar-refractivity contribution < 1.29 is 71.0 Å².